The summed E-state index contributed by atoms with van der Waals surface area (Å²) in [6.45, 7) is 5.27. The fourth-order valence-electron chi connectivity index (χ4n) is 3.49. The van der Waals surface area contributed by atoms with Crippen LogP contribution in [0.25, 0.3) is 0 Å². The van der Waals surface area contributed by atoms with E-state index in [-0.39, 0.29) is 0 Å². The third-order valence-corrected chi connectivity index (χ3v) is 5.18. The van der Waals surface area contributed by atoms with Crippen LogP contribution in [0.3, 0.4) is 0 Å². The second kappa shape index (κ2) is 10.4. The number of ketones is 1. The van der Waals surface area contributed by atoms with Crippen molar-refractivity contribution in [1.29, 1.82) is 0 Å². The quantitative estimate of drug-likeness (QED) is 0.528. The summed E-state index contributed by atoms with van der Waals surface area (Å²) in [6.07, 6.45) is 1.42. The molecule has 1 fully saturated rings. The molecule has 2 atom stereocenters. The molecule has 0 saturated carbocycles. The van der Waals surface area contributed by atoms with Gasteiger partial charge in [0.1, 0.15) is 5.78 Å². The second-order valence-corrected chi connectivity index (χ2v) is 7.27. The van der Waals surface area contributed by atoms with Crippen LogP contribution in [0.15, 0.2) is 42.5 Å². The topological polar surface area (TPSA) is 170 Å². The number of nitro groups is 3. The van der Waals surface area contributed by atoms with Gasteiger partial charge in [-0.05, 0) is 19.4 Å². The number of nitro benzene ring substituents is 3. The van der Waals surface area contributed by atoms with Crippen LogP contribution in [0.1, 0.15) is 38.3 Å². The SMILES string of the molecule is C[C@H]1CC(=O)CCN1[C@@H](C)c1ccccc1.O=[N+]([O-])c1cc([N+](=O)[O-])c(O)c([N+](=O)[O-])c1. The summed E-state index contributed by atoms with van der Waals surface area (Å²) < 4.78 is 0. The molecule has 1 N–H and O–H groups in total. The van der Waals surface area contributed by atoms with E-state index in [2.05, 4.69) is 43.0 Å². The zero-order chi connectivity index (χ0) is 24.0. The number of phenols is 1. The highest BCUT2D eigenvalue weighted by molar-refractivity contribution is 5.79. The second-order valence-electron chi connectivity index (χ2n) is 7.27. The molecular formula is C20H22N4O8. The molecule has 0 radical (unpaired) electrons. The zero-order valence-electron chi connectivity index (χ0n) is 17.4. The molecule has 2 aromatic carbocycles. The average Bonchev–Trinajstić information content (AvgIpc) is 2.74. The molecule has 0 unspecified atom stereocenters. The normalized spacial score (nSPS) is 17.1. The minimum absolute atomic E-state index is 0.372. The number of non-ortho nitro benzene ring substituents is 1. The Morgan fingerprint density at radius 2 is 1.53 bits per heavy atom. The highest BCUT2D eigenvalue weighted by Gasteiger charge is 2.30. The van der Waals surface area contributed by atoms with Gasteiger partial charge >= 0.3 is 11.4 Å². The summed E-state index contributed by atoms with van der Waals surface area (Å²) in [4.78, 5) is 41.5. The Balaban J connectivity index is 0.000000227. The van der Waals surface area contributed by atoms with Crippen LogP contribution < -0.4 is 0 Å². The lowest BCUT2D eigenvalue weighted by molar-refractivity contribution is -0.404. The number of carbonyl (C=O) groups is 1. The number of phenolic OH excluding ortho intramolecular Hbond substituents is 1. The number of likely N-dealkylation sites (tertiary alicyclic amines) is 1. The lowest BCUT2D eigenvalue weighted by Crippen LogP contribution is -2.42. The molecule has 12 nitrogen and oxygen atoms in total. The van der Waals surface area contributed by atoms with Gasteiger partial charge in [-0.1, -0.05) is 30.3 Å². The first-order valence-electron chi connectivity index (χ1n) is 9.65. The van der Waals surface area contributed by atoms with Crippen LogP contribution in [-0.2, 0) is 4.79 Å². The van der Waals surface area contributed by atoms with Crippen LogP contribution >= 0.6 is 0 Å². The molecule has 0 amide bonds. The van der Waals surface area contributed by atoms with Crippen molar-refractivity contribution < 1.29 is 24.7 Å². The number of nitrogens with zero attached hydrogens (tertiary/aromatic N) is 4. The standard InChI is InChI=1S/C14H19NO.C6H3N3O7/c1-11-10-14(16)8-9-15(11)12(2)13-6-4-3-5-7-13;10-6-4(8(13)14)1-3(7(11)12)2-5(6)9(15)16/h3-7,11-12H,8-10H2,1-2H3;1-2,10H/t11-,12-;/m0./s1. The summed E-state index contributed by atoms with van der Waals surface area (Å²) in [5.74, 6) is -0.801. The fraction of sp³-hybridized carbons (Fsp3) is 0.350. The number of carbonyl (C=O) groups excluding carboxylic acids is 1. The van der Waals surface area contributed by atoms with E-state index >= 15 is 0 Å². The molecule has 1 saturated heterocycles. The smallest absolute Gasteiger partial charge is 0.324 e. The Kier molecular flexibility index (Phi) is 7.91. The molecule has 0 bridgehead atoms. The van der Waals surface area contributed by atoms with E-state index in [4.69, 9.17) is 5.11 Å². The van der Waals surface area contributed by atoms with Gasteiger partial charge in [-0.3, -0.25) is 40.0 Å². The Hall–Kier alpha value is -3.93. The van der Waals surface area contributed by atoms with Crippen LogP contribution in [0.4, 0.5) is 17.1 Å². The predicted molar refractivity (Wildman–Crippen MR) is 113 cm³/mol. The number of piperidine rings is 1. The van der Waals surface area contributed by atoms with Crippen molar-refractivity contribution in [2.75, 3.05) is 6.54 Å². The van der Waals surface area contributed by atoms with E-state index in [1.165, 1.54) is 5.56 Å². The third-order valence-electron chi connectivity index (χ3n) is 5.18. The van der Waals surface area contributed by atoms with E-state index in [0.29, 0.717) is 42.8 Å². The van der Waals surface area contributed by atoms with Gasteiger partial charge in [0.15, 0.2) is 0 Å². The van der Waals surface area contributed by atoms with Gasteiger partial charge in [-0.25, -0.2) is 0 Å². The van der Waals surface area contributed by atoms with E-state index < -0.39 is 37.6 Å². The molecule has 1 heterocycles. The van der Waals surface area contributed by atoms with Crippen molar-refractivity contribution in [2.45, 2.75) is 38.8 Å². The van der Waals surface area contributed by atoms with Crippen molar-refractivity contribution in [3.8, 4) is 5.75 Å². The maximum atomic E-state index is 11.4. The Labute approximate surface area is 182 Å². The monoisotopic (exact) mass is 446 g/mol. The molecule has 32 heavy (non-hydrogen) atoms. The number of hydrogen-bond donors (Lipinski definition) is 1. The lowest BCUT2D eigenvalue weighted by atomic mass is 9.97. The summed E-state index contributed by atoms with van der Waals surface area (Å²) in [6, 6.07) is 12.2. The number of hydrogen-bond acceptors (Lipinski definition) is 9. The first-order chi connectivity index (χ1) is 15.0. The number of rotatable bonds is 5. The van der Waals surface area contributed by atoms with Crippen molar-refractivity contribution >= 4 is 22.8 Å². The number of benzene rings is 2. The molecule has 2 aromatic rings. The maximum Gasteiger partial charge on any atom is 0.324 e. The van der Waals surface area contributed by atoms with Gasteiger partial charge < -0.3 is 5.11 Å². The minimum Gasteiger partial charge on any atom is -0.497 e. The summed E-state index contributed by atoms with van der Waals surface area (Å²) in [5, 5.41) is 40.2. The zero-order valence-corrected chi connectivity index (χ0v) is 17.4. The van der Waals surface area contributed by atoms with Gasteiger partial charge in [0.05, 0.1) is 26.9 Å². The molecule has 1 aliphatic heterocycles. The number of Topliss-reactive ketones (excluding diaryl/α,β-unsaturated/α-hetero) is 1. The Morgan fingerprint density at radius 1 is 1.00 bits per heavy atom. The highest BCUT2D eigenvalue weighted by atomic mass is 16.6. The van der Waals surface area contributed by atoms with Crippen molar-refractivity contribution in [1.82, 2.24) is 4.90 Å². The molecule has 170 valence electrons. The molecule has 12 heteroatoms. The summed E-state index contributed by atoms with van der Waals surface area (Å²) in [7, 11) is 0. The lowest BCUT2D eigenvalue weighted by Gasteiger charge is -2.37. The van der Waals surface area contributed by atoms with E-state index in [1.807, 2.05) is 6.07 Å². The first kappa shape index (κ1) is 24.3. The molecule has 3 rings (SSSR count). The van der Waals surface area contributed by atoms with Crippen molar-refractivity contribution in [3.63, 3.8) is 0 Å². The highest BCUT2D eigenvalue weighted by Crippen LogP contribution is 2.39. The molecule has 0 aliphatic carbocycles. The third kappa shape index (κ3) is 5.82. The molecule has 1 aliphatic rings. The molecular weight excluding hydrogens is 424 g/mol. The fourth-order valence-corrected chi connectivity index (χ4v) is 3.49. The van der Waals surface area contributed by atoms with Crippen LogP contribution in [0, 0.1) is 30.3 Å². The van der Waals surface area contributed by atoms with Crippen LogP contribution in [0.5, 0.6) is 5.75 Å². The van der Waals surface area contributed by atoms with Crippen LogP contribution in [0.2, 0.25) is 0 Å². The number of aromatic hydroxyl groups is 1. The van der Waals surface area contributed by atoms with Gasteiger partial charge in [-0.2, -0.15) is 0 Å². The van der Waals surface area contributed by atoms with Gasteiger partial charge in [-0.15, -0.1) is 0 Å². The van der Waals surface area contributed by atoms with Gasteiger partial charge in [0.2, 0.25) is 0 Å². The predicted octanol–water partition coefficient (Wildman–Crippen LogP) is 3.92. The van der Waals surface area contributed by atoms with E-state index in [9.17, 15) is 35.1 Å². The van der Waals surface area contributed by atoms with E-state index in [0.717, 1.165) is 6.54 Å². The largest absolute Gasteiger partial charge is 0.497 e. The Morgan fingerprint density at radius 3 is 1.97 bits per heavy atom. The van der Waals surface area contributed by atoms with E-state index in [1.54, 1.807) is 0 Å². The van der Waals surface area contributed by atoms with Crippen LogP contribution in [-0.4, -0.2) is 43.1 Å². The maximum absolute atomic E-state index is 11.4. The van der Waals surface area contributed by atoms with Gasteiger partial charge in [0.25, 0.3) is 11.4 Å². The molecule has 0 aromatic heterocycles. The molecule has 0 spiro atoms. The summed E-state index contributed by atoms with van der Waals surface area (Å²) in [5.41, 5.74) is -1.67. The van der Waals surface area contributed by atoms with Crippen molar-refractivity contribution in [2.24, 2.45) is 0 Å². The Bertz CT molecular complexity index is 993. The minimum atomic E-state index is -1.21. The summed E-state index contributed by atoms with van der Waals surface area (Å²) >= 11 is 0. The van der Waals surface area contributed by atoms with Gasteiger partial charge in [0, 0.05) is 31.5 Å². The average molecular weight is 446 g/mol. The first-order valence-corrected chi connectivity index (χ1v) is 9.65. The van der Waals surface area contributed by atoms with Crippen molar-refractivity contribution in [3.05, 3.63) is 78.4 Å².